The van der Waals surface area contributed by atoms with Crippen molar-refractivity contribution in [3.8, 4) is 0 Å². The van der Waals surface area contributed by atoms with E-state index in [4.69, 9.17) is 0 Å². The first-order valence-electron chi connectivity index (χ1n) is 8.70. The minimum Gasteiger partial charge on any atom is -0.355 e. The molecule has 1 N–H and O–H groups in total. The van der Waals surface area contributed by atoms with Gasteiger partial charge >= 0.3 is 0 Å². The Morgan fingerprint density at radius 2 is 1.92 bits per heavy atom. The summed E-state index contributed by atoms with van der Waals surface area (Å²) in [6, 6.07) is 7.98. The topological polar surface area (TPSA) is 67.2 Å². The lowest BCUT2D eigenvalue weighted by molar-refractivity contribution is -0.131. The molecule has 0 fully saturated rings. The van der Waals surface area contributed by atoms with E-state index in [1.54, 1.807) is 11.9 Å². The molecule has 2 aromatic rings. The molecule has 6 nitrogen and oxygen atoms in total. The first-order valence-corrected chi connectivity index (χ1v) is 8.70. The number of carbonyl (C=O) groups is 2. The molecule has 2 amide bonds. The quantitative estimate of drug-likeness (QED) is 0.876. The van der Waals surface area contributed by atoms with Crippen LogP contribution in [0.3, 0.4) is 0 Å². The third kappa shape index (κ3) is 4.59. The summed E-state index contributed by atoms with van der Waals surface area (Å²) in [5, 5.41) is 2.81. The van der Waals surface area contributed by atoms with Gasteiger partial charge in [0.2, 0.25) is 11.8 Å². The number of rotatable bonds is 6. The average Bonchev–Trinajstić information content (AvgIpc) is 2.90. The van der Waals surface area contributed by atoms with Crippen molar-refractivity contribution in [1.82, 2.24) is 19.8 Å². The third-order valence-electron chi connectivity index (χ3n) is 4.16. The van der Waals surface area contributed by atoms with Crippen molar-refractivity contribution in [2.24, 2.45) is 5.41 Å². The number of fused-ring (bicyclic) bond motifs is 1. The van der Waals surface area contributed by atoms with Crippen LogP contribution in [0, 0.1) is 5.41 Å². The van der Waals surface area contributed by atoms with Gasteiger partial charge in [-0.2, -0.15) is 0 Å². The first-order chi connectivity index (χ1) is 11.7. The number of nitrogens with zero attached hydrogens (tertiary/aromatic N) is 3. The largest absolute Gasteiger partial charge is 0.355 e. The van der Waals surface area contributed by atoms with Crippen molar-refractivity contribution in [3.63, 3.8) is 0 Å². The molecule has 0 aliphatic rings. The molecule has 0 unspecified atom stereocenters. The zero-order valence-corrected chi connectivity index (χ0v) is 15.8. The van der Waals surface area contributed by atoms with E-state index in [1.807, 2.05) is 45.0 Å². The number of hydrogen-bond donors (Lipinski definition) is 1. The van der Waals surface area contributed by atoms with Crippen LogP contribution in [-0.2, 0) is 22.7 Å². The van der Waals surface area contributed by atoms with E-state index in [1.165, 1.54) is 0 Å². The normalized spacial score (nSPS) is 11.6. The number of carbonyl (C=O) groups excluding carboxylic acids is 2. The predicted molar refractivity (Wildman–Crippen MR) is 99.0 cm³/mol. The average molecular weight is 344 g/mol. The summed E-state index contributed by atoms with van der Waals surface area (Å²) < 4.78 is 2.13. The molecule has 2 rings (SSSR count). The molecule has 1 aromatic heterocycles. The SMILES string of the molecule is CCn1c(CN(C)C(=O)CCNC(=O)C(C)(C)C)nc2ccccc21. The molecular formula is C19H28N4O2. The molecule has 0 spiro atoms. The van der Waals surface area contributed by atoms with Crippen LogP contribution in [-0.4, -0.2) is 39.9 Å². The van der Waals surface area contributed by atoms with E-state index < -0.39 is 5.41 Å². The molecular weight excluding hydrogens is 316 g/mol. The molecule has 25 heavy (non-hydrogen) atoms. The molecule has 0 bridgehead atoms. The monoisotopic (exact) mass is 344 g/mol. The highest BCUT2D eigenvalue weighted by molar-refractivity contribution is 5.82. The van der Waals surface area contributed by atoms with E-state index in [0.717, 1.165) is 23.4 Å². The van der Waals surface area contributed by atoms with Crippen LogP contribution in [0.5, 0.6) is 0 Å². The van der Waals surface area contributed by atoms with Gasteiger partial charge in [-0.05, 0) is 19.1 Å². The van der Waals surface area contributed by atoms with E-state index in [-0.39, 0.29) is 18.2 Å². The van der Waals surface area contributed by atoms with Crippen LogP contribution in [0.1, 0.15) is 39.9 Å². The van der Waals surface area contributed by atoms with Gasteiger partial charge in [-0.15, -0.1) is 0 Å². The van der Waals surface area contributed by atoms with Gasteiger partial charge in [0.15, 0.2) is 0 Å². The van der Waals surface area contributed by atoms with Crippen molar-refractivity contribution in [3.05, 3.63) is 30.1 Å². The van der Waals surface area contributed by atoms with Crippen molar-refractivity contribution in [2.75, 3.05) is 13.6 Å². The lowest BCUT2D eigenvalue weighted by Crippen LogP contribution is -2.37. The van der Waals surface area contributed by atoms with Crippen molar-refractivity contribution >= 4 is 22.8 Å². The Morgan fingerprint density at radius 3 is 2.56 bits per heavy atom. The molecule has 136 valence electrons. The Hall–Kier alpha value is -2.37. The predicted octanol–water partition coefficient (Wildman–Crippen LogP) is 2.57. The van der Waals surface area contributed by atoms with E-state index in [2.05, 4.69) is 21.8 Å². The zero-order chi connectivity index (χ0) is 18.6. The minimum absolute atomic E-state index is 0.0103. The highest BCUT2D eigenvalue weighted by Crippen LogP contribution is 2.17. The van der Waals surface area contributed by atoms with Gasteiger partial charge in [0.1, 0.15) is 5.82 Å². The number of benzene rings is 1. The summed E-state index contributed by atoms with van der Waals surface area (Å²) in [5.74, 6) is 0.818. The fourth-order valence-corrected chi connectivity index (χ4v) is 2.64. The Bertz CT molecular complexity index is 758. The van der Waals surface area contributed by atoms with Gasteiger partial charge in [0.05, 0.1) is 17.6 Å². The molecule has 1 heterocycles. The molecule has 0 aliphatic carbocycles. The van der Waals surface area contributed by atoms with Gasteiger partial charge in [0, 0.05) is 32.0 Å². The first kappa shape index (κ1) is 19.0. The van der Waals surface area contributed by atoms with Gasteiger partial charge < -0.3 is 14.8 Å². The number of imidazole rings is 1. The second-order valence-electron chi connectivity index (χ2n) is 7.27. The summed E-state index contributed by atoms with van der Waals surface area (Å²) in [7, 11) is 1.77. The second-order valence-corrected chi connectivity index (χ2v) is 7.27. The van der Waals surface area contributed by atoms with E-state index in [0.29, 0.717) is 13.1 Å². The molecule has 6 heteroatoms. The maximum atomic E-state index is 12.3. The van der Waals surface area contributed by atoms with Crippen LogP contribution >= 0.6 is 0 Å². The number of aromatic nitrogens is 2. The third-order valence-corrected chi connectivity index (χ3v) is 4.16. The van der Waals surface area contributed by atoms with Crippen molar-refractivity contribution in [1.29, 1.82) is 0 Å². The van der Waals surface area contributed by atoms with Crippen LogP contribution in [0.15, 0.2) is 24.3 Å². The van der Waals surface area contributed by atoms with Gasteiger partial charge in [-0.1, -0.05) is 32.9 Å². The fourth-order valence-electron chi connectivity index (χ4n) is 2.64. The highest BCUT2D eigenvalue weighted by atomic mass is 16.2. The Balaban J connectivity index is 1.96. The van der Waals surface area contributed by atoms with Crippen molar-refractivity contribution in [2.45, 2.75) is 47.2 Å². The van der Waals surface area contributed by atoms with Crippen LogP contribution in [0.4, 0.5) is 0 Å². The maximum Gasteiger partial charge on any atom is 0.225 e. The van der Waals surface area contributed by atoms with Crippen LogP contribution < -0.4 is 5.32 Å². The number of amides is 2. The van der Waals surface area contributed by atoms with Crippen LogP contribution in [0.25, 0.3) is 11.0 Å². The summed E-state index contributed by atoms with van der Waals surface area (Å²) >= 11 is 0. The van der Waals surface area contributed by atoms with Gasteiger partial charge in [0.25, 0.3) is 0 Å². The smallest absolute Gasteiger partial charge is 0.225 e. The highest BCUT2D eigenvalue weighted by Gasteiger charge is 2.21. The van der Waals surface area contributed by atoms with Gasteiger partial charge in [-0.25, -0.2) is 4.98 Å². The maximum absolute atomic E-state index is 12.3. The Labute approximate surface area is 149 Å². The van der Waals surface area contributed by atoms with E-state index >= 15 is 0 Å². The summed E-state index contributed by atoms with van der Waals surface area (Å²) in [4.78, 5) is 30.5. The standard InChI is InChI=1S/C19H28N4O2/c1-6-23-15-10-8-7-9-14(15)21-16(23)13-22(5)17(24)11-12-20-18(25)19(2,3)4/h7-10H,6,11-13H2,1-5H3,(H,20,25). The fraction of sp³-hybridized carbons (Fsp3) is 0.526. The lowest BCUT2D eigenvalue weighted by Gasteiger charge is -2.20. The zero-order valence-electron chi connectivity index (χ0n) is 15.8. The number of hydrogen-bond acceptors (Lipinski definition) is 3. The van der Waals surface area contributed by atoms with Crippen LogP contribution in [0.2, 0.25) is 0 Å². The minimum atomic E-state index is -0.444. The Kier molecular flexibility index (Phi) is 5.82. The Morgan fingerprint density at radius 1 is 1.24 bits per heavy atom. The van der Waals surface area contributed by atoms with E-state index in [9.17, 15) is 9.59 Å². The second kappa shape index (κ2) is 7.68. The number of nitrogens with one attached hydrogen (secondary N) is 1. The molecule has 0 saturated heterocycles. The summed E-state index contributed by atoms with van der Waals surface area (Å²) in [6.07, 6.45) is 0.282. The van der Waals surface area contributed by atoms with Crippen molar-refractivity contribution < 1.29 is 9.59 Å². The summed E-state index contributed by atoms with van der Waals surface area (Å²) in [5.41, 5.74) is 1.58. The number of para-hydroxylation sites is 2. The summed E-state index contributed by atoms with van der Waals surface area (Å²) in [6.45, 7) is 9.24. The van der Waals surface area contributed by atoms with Gasteiger partial charge in [-0.3, -0.25) is 9.59 Å². The lowest BCUT2D eigenvalue weighted by atomic mass is 9.96. The molecule has 0 atom stereocenters. The molecule has 0 radical (unpaired) electrons. The molecule has 1 aromatic carbocycles. The molecule has 0 aliphatic heterocycles. The molecule has 0 saturated carbocycles. The number of aryl methyl sites for hydroxylation is 1.